The number of aliphatic hydroxyl groups excluding tert-OH is 2. The van der Waals surface area contributed by atoms with Crippen LogP contribution in [0.25, 0.3) is 0 Å². The summed E-state index contributed by atoms with van der Waals surface area (Å²) in [6, 6.07) is -1.14. The predicted octanol–water partition coefficient (Wildman–Crippen LogP) is 12.0. The van der Waals surface area contributed by atoms with E-state index in [2.05, 4.69) is 300 Å². The number of hydrogen-bond donors (Lipinski definition) is 6. The van der Waals surface area contributed by atoms with Gasteiger partial charge in [0.2, 0.25) is 5.79 Å². The number of ether oxygens (including phenoxy) is 5. The molecule has 0 spiro atoms. The lowest BCUT2D eigenvalue weighted by molar-refractivity contribution is -0.781. The molecule has 1 saturated carbocycles. The molecule has 2 saturated heterocycles. The van der Waals surface area contributed by atoms with Crippen LogP contribution >= 0.6 is 0 Å². The Hall–Kier alpha value is -12.5. The van der Waals surface area contributed by atoms with Gasteiger partial charge in [0, 0.05) is 237 Å². The van der Waals surface area contributed by atoms with Gasteiger partial charge in [-0.05, 0) is 245 Å². The molecule has 6 N–H and O–H groups in total. The van der Waals surface area contributed by atoms with Crippen LogP contribution in [0.1, 0.15) is 162 Å². The van der Waals surface area contributed by atoms with Crippen molar-refractivity contribution in [2.45, 2.75) is 174 Å². The molecular weight excluding hydrogens is 1450 g/mol. The Morgan fingerprint density at radius 2 is 0.982 bits per heavy atom. The van der Waals surface area contributed by atoms with Crippen LogP contribution in [0.15, 0.2) is 36.0 Å². The molecule has 638 valence electrons. The number of nitrogens with zero attached hydrogens (tertiary/aromatic N) is 1. The summed E-state index contributed by atoms with van der Waals surface area (Å²) in [4.78, 5) is 65.1. The van der Waals surface area contributed by atoms with Gasteiger partial charge in [0.05, 0.1) is 30.5 Å². The number of rotatable bonds is 16. The second-order valence-corrected chi connectivity index (χ2v) is 23.5. The average Bonchev–Trinajstić information content (AvgIpc) is 0.809. The summed E-state index contributed by atoms with van der Waals surface area (Å²) in [7, 11) is 4.61. The molecule has 4 rings (SSSR count). The Morgan fingerprint density at radius 1 is 0.566 bits per heavy atom. The normalized spacial score (nSPS) is 23.3. The molecule has 0 unspecified atom stereocenters. The predicted molar refractivity (Wildman–Crippen MR) is 469 cm³/mol. The summed E-state index contributed by atoms with van der Waals surface area (Å²) >= 11 is 0. The second kappa shape index (κ2) is 61.3. The average molecular weight is 1590 g/mol. The van der Waals surface area contributed by atoms with Crippen LogP contribution in [0.3, 0.4) is 0 Å². The number of hydrogen-bond acceptors (Lipinski definition) is 24. The lowest BCUT2D eigenvalue weighted by atomic mass is 9.81. The van der Waals surface area contributed by atoms with Gasteiger partial charge < -0.3 is 43.9 Å². The molecule has 3 fully saturated rings. The number of allylic oxidation sites excluding steroid dienone is 4. The van der Waals surface area contributed by atoms with E-state index in [0.717, 1.165) is 5.57 Å². The Labute approximate surface area is 705 Å². The summed E-state index contributed by atoms with van der Waals surface area (Å²) < 4.78 is 29.7. The number of ketones is 2. The topological polar surface area (TPSA) is 314 Å². The van der Waals surface area contributed by atoms with Crippen molar-refractivity contribution < 1.29 is 157 Å². The fourth-order valence-electron chi connectivity index (χ4n) is 10.8. The number of methoxy groups -OCH3 is 3. The SMILES string of the molecule is C=CC[C@@H]1/C=C(\C)C[C@H](C)C[C@H](OC)[C@H]2O[C@@](O)(C(=O)C(=O)N3CCCC[C@H]3C(=O)O[C@H](/C(C)=C/[C@@H]3CC[C@@H](O)[C@H](OC)C3)[C@H](C)[C@@H](O)CC1=O)[C@H](C)C[C@@H]2OC.CC#CC#CC#CC#CC#CC#CC#CC#CC#CC#CC#CC#CC#CC#CC#CC#CC#CC#CC#CC#CC#CC.OOOOONOOOOOO.[HH].[HH].[HH].[HH].[HH].[HH].[HH].[HH].[HH].[HH].[HH].[HH].[HH].[HH].[HH].[HH].[HH].[HH].[HH].[HH].[HH].[HH].[HH].[HH].[HH].[HH].[HH].[HH].[HH].[HH]. The van der Waals surface area contributed by atoms with E-state index in [4.69, 9.17) is 34.2 Å². The number of aliphatic hydroxyl groups is 3. The van der Waals surface area contributed by atoms with E-state index in [0.29, 0.717) is 56.9 Å². The molecule has 0 aromatic heterocycles. The van der Waals surface area contributed by atoms with Gasteiger partial charge in [-0.2, -0.15) is 0 Å². The largest absolute Gasteiger partial charge is 0.456 e. The molecule has 25 heteroatoms. The third kappa shape index (κ3) is 41.2. The molecule has 113 heavy (non-hydrogen) atoms. The standard InChI is InChI=1S/C44H69NO12.C44H6.H3NO11.30H2/c1-10-13-31-19-25(2)18-26(3)20-37(54-8)40-38(55-9)22-28(5)44(52,57-40)41(49)42(50)45-17-12-11-14-32(45)43(51)56-39(29(6)34(47)24-35(31)48)27(4)21-30-15-16-33(46)36(23-30)53-7;1-3-5-7-9-11-13-15-17-19-21-23-25-27-29-31-33-35-37-39-41-43-44-42-40-38-36-34-32-30-28-26-24-22-20-18-16-14-12-10-8-6-4-2;2-6-10-8-4-1-5-9-12-11-7-3;;;;;;;;;;;;;;;;;;;;;;;;;;;;;;/h10,19,21,26,28-34,36-40,46-47,52H,1,11-18,20,22-24H2,2-9H3;1-2H3;1-3H;30*1H/b25-19+,27-21+;;;;;;;;;;;;;;;;;;;;;;;;;;;;;;;;/t26-,28+,29+,30-,31+,32-,33+,34-,36+,37-,38-,39+,40+,44+;;;;;;;;;;;;;;;;;;;;;;;;;;;;;;;;/m0................................/s1. The lowest BCUT2D eigenvalue weighted by Crippen LogP contribution is -2.64. The quantitative estimate of drug-likeness (QED) is 0.0159. The van der Waals surface area contributed by atoms with Gasteiger partial charge in [-0.25, -0.2) is 15.3 Å². The third-order valence-corrected chi connectivity index (χ3v) is 15.8. The Balaban J connectivity index is -0.0000000513. The first-order valence-corrected chi connectivity index (χ1v) is 34.1. The highest BCUT2D eigenvalue weighted by molar-refractivity contribution is 6.39. The summed E-state index contributed by atoms with van der Waals surface area (Å²) in [6.45, 7) is 16.5. The minimum atomic E-state index is -2.51. The maximum absolute atomic E-state index is 14.3. The summed E-state index contributed by atoms with van der Waals surface area (Å²) in [5.74, 6) is 97.9. The van der Waals surface area contributed by atoms with Gasteiger partial charge in [-0.1, -0.05) is 66.4 Å². The molecule has 2 bridgehead atoms. The van der Waals surface area contributed by atoms with Crippen molar-refractivity contribution in [2.24, 2.45) is 29.6 Å². The fourth-order valence-corrected chi connectivity index (χ4v) is 10.8. The molecule has 3 aliphatic heterocycles. The minimum Gasteiger partial charge on any atom is -0.456 e. The Morgan fingerprint density at radius 3 is 1.40 bits per heavy atom. The van der Waals surface area contributed by atoms with Gasteiger partial charge in [0.15, 0.2) is 0 Å². The smallest absolute Gasteiger partial charge is 0.329 e. The van der Waals surface area contributed by atoms with Crippen molar-refractivity contribution in [3.63, 3.8) is 0 Å². The van der Waals surface area contributed by atoms with Crippen molar-refractivity contribution in [3.8, 4) is 249 Å². The third-order valence-electron chi connectivity index (χ3n) is 15.8. The molecule has 3 heterocycles. The summed E-state index contributed by atoms with van der Waals surface area (Å²) in [5.41, 5.74) is 2.99. The van der Waals surface area contributed by atoms with Crippen molar-refractivity contribution in [3.05, 3.63) is 36.0 Å². The Kier molecular flexibility index (Phi) is 52.4. The molecule has 1 amide bonds. The van der Waals surface area contributed by atoms with Crippen molar-refractivity contribution >= 4 is 23.4 Å². The van der Waals surface area contributed by atoms with Crippen LogP contribution in [0.4, 0.5) is 0 Å². The first-order chi connectivity index (χ1) is 54.8. The van der Waals surface area contributed by atoms with Gasteiger partial charge >= 0.3 is 5.97 Å². The van der Waals surface area contributed by atoms with Crippen LogP contribution in [0, 0.1) is 278 Å². The molecule has 25 nitrogen and oxygen atoms in total. The maximum Gasteiger partial charge on any atom is 0.329 e. The highest BCUT2D eigenvalue weighted by Crippen LogP contribution is 2.39. The molecular formula is C88H138N2O23. The highest BCUT2D eigenvalue weighted by atomic mass is 17.8. The zero-order chi connectivity index (χ0) is 83.0. The van der Waals surface area contributed by atoms with Crippen LogP contribution in [-0.4, -0.2) is 137 Å². The number of piperidine rings is 1. The maximum atomic E-state index is 14.3. The van der Waals surface area contributed by atoms with E-state index >= 15 is 0 Å². The monoisotopic (exact) mass is 1590 g/mol. The molecule has 0 radical (unpaired) electrons. The number of fused-ring (bicyclic) bond motifs is 3. The first-order valence-electron chi connectivity index (χ1n) is 34.1. The number of amides is 1. The lowest BCUT2D eigenvalue weighted by Gasteiger charge is -2.47. The molecule has 4 aliphatic rings. The van der Waals surface area contributed by atoms with E-state index < -0.39 is 83.9 Å². The number of cyclic esters (lactones) is 1. The number of nitrogens with one attached hydrogen (secondary N) is 1. The minimum absolute atomic E-state index is 0. The van der Waals surface area contributed by atoms with E-state index in [1.807, 2.05) is 32.9 Å². The van der Waals surface area contributed by atoms with Gasteiger partial charge in [-0.3, -0.25) is 14.4 Å². The van der Waals surface area contributed by atoms with Crippen molar-refractivity contribution in [2.75, 3.05) is 27.9 Å². The van der Waals surface area contributed by atoms with Crippen LogP contribution in [-0.2, 0) is 88.1 Å². The van der Waals surface area contributed by atoms with Gasteiger partial charge in [0.25, 0.3) is 11.7 Å². The zero-order valence-electron chi connectivity index (χ0n) is 63.5. The summed E-state index contributed by atoms with van der Waals surface area (Å²) in [6.07, 6.45) is 4.93. The number of carbonyl (C=O) groups is 4. The van der Waals surface area contributed by atoms with Crippen LogP contribution < -0.4 is 5.64 Å². The van der Waals surface area contributed by atoms with Gasteiger partial charge in [-0.15, -0.1) is 6.58 Å². The number of carbonyl (C=O) groups excluding carboxylic acids is 4. The highest BCUT2D eigenvalue weighted by Gasteiger charge is 2.57. The van der Waals surface area contributed by atoms with E-state index in [1.165, 1.54) is 24.8 Å². The van der Waals surface area contributed by atoms with E-state index in [1.54, 1.807) is 40.9 Å². The summed E-state index contributed by atoms with van der Waals surface area (Å²) in [5, 5.41) is 71.5. The molecule has 0 aromatic rings. The van der Waals surface area contributed by atoms with Crippen LogP contribution in [0.5, 0.6) is 0 Å². The van der Waals surface area contributed by atoms with Crippen LogP contribution in [0.2, 0.25) is 0 Å². The van der Waals surface area contributed by atoms with E-state index in [9.17, 15) is 34.5 Å². The second-order valence-electron chi connectivity index (χ2n) is 23.5. The molecule has 0 aromatic carbocycles. The van der Waals surface area contributed by atoms with Crippen molar-refractivity contribution in [1.29, 1.82) is 0 Å². The van der Waals surface area contributed by atoms with Gasteiger partial charge in [0.1, 0.15) is 24.0 Å². The first kappa shape index (κ1) is 96.6. The van der Waals surface area contributed by atoms with E-state index in [-0.39, 0.29) is 92.3 Å². The molecule has 1 aliphatic carbocycles. The van der Waals surface area contributed by atoms with Crippen molar-refractivity contribution in [1.82, 2.24) is 10.5 Å². The number of Topliss-reactive ketones (excluding diaryl/α,β-unsaturated/α-hetero) is 2. The fraction of sp³-hybridized carbons (Fsp3) is 0.409. The number of esters is 1. The zero-order valence-corrected chi connectivity index (χ0v) is 63.5. The molecule has 14 atom stereocenters. The Bertz CT molecular complexity index is 4750.